The van der Waals surface area contributed by atoms with Gasteiger partial charge in [0.2, 0.25) is 0 Å². The summed E-state index contributed by atoms with van der Waals surface area (Å²) < 4.78 is 11.6. The van der Waals surface area contributed by atoms with Crippen molar-refractivity contribution in [3.05, 3.63) is 52.0 Å². The first-order chi connectivity index (χ1) is 11.5. The fourth-order valence-corrected chi connectivity index (χ4v) is 2.98. The third-order valence-electron chi connectivity index (χ3n) is 3.58. The largest absolute Gasteiger partial charge is 0.493 e. The zero-order valence-electron chi connectivity index (χ0n) is 14.0. The van der Waals surface area contributed by atoms with Crippen LogP contribution >= 0.6 is 28.1 Å². The molecule has 0 atom stereocenters. The zero-order chi connectivity index (χ0) is 17.5. The highest BCUT2D eigenvalue weighted by atomic mass is 79.9. The van der Waals surface area contributed by atoms with Gasteiger partial charge in [0, 0.05) is 16.7 Å². The Kier molecular flexibility index (Phi) is 6.87. The first kappa shape index (κ1) is 18.5. The van der Waals surface area contributed by atoms with Crippen LogP contribution in [-0.4, -0.2) is 25.9 Å². The molecule has 0 aliphatic heterocycles. The van der Waals surface area contributed by atoms with Gasteiger partial charge >= 0.3 is 0 Å². The molecule has 0 aliphatic carbocycles. The van der Waals surface area contributed by atoms with Crippen molar-refractivity contribution in [2.75, 3.05) is 26.1 Å². The molecule has 0 saturated carbocycles. The van der Waals surface area contributed by atoms with Crippen LogP contribution in [0.15, 0.2) is 40.9 Å². The van der Waals surface area contributed by atoms with Crippen LogP contribution in [0, 0.1) is 6.92 Å². The molecule has 128 valence electrons. The number of methoxy groups -OCH3 is 2. The number of hydrogen-bond acceptors (Lipinski definition) is 3. The molecule has 6 heteroatoms. The molecule has 0 spiro atoms. The van der Waals surface area contributed by atoms with Crippen molar-refractivity contribution in [3.63, 3.8) is 0 Å². The van der Waals surface area contributed by atoms with Gasteiger partial charge in [-0.1, -0.05) is 22.0 Å². The summed E-state index contributed by atoms with van der Waals surface area (Å²) in [6.45, 7) is 2.77. The molecule has 24 heavy (non-hydrogen) atoms. The van der Waals surface area contributed by atoms with Gasteiger partial charge in [0.1, 0.15) is 0 Å². The maximum atomic E-state index is 5.35. The normalized spacial score (nSPS) is 10.2. The van der Waals surface area contributed by atoms with E-state index < -0.39 is 0 Å². The van der Waals surface area contributed by atoms with Crippen molar-refractivity contribution in [2.45, 2.75) is 13.3 Å². The summed E-state index contributed by atoms with van der Waals surface area (Å²) in [4.78, 5) is 0. The summed E-state index contributed by atoms with van der Waals surface area (Å²) in [7, 11) is 3.27. The van der Waals surface area contributed by atoms with Crippen LogP contribution in [0.25, 0.3) is 0 Å². The van der Waals surface area contributed by atoms with Gasteiger partial charge in [-0.25, -0.2) is 0 Å². The summed E-state index contributed by atoms with van der Waals surface area (Å²) in [5.74, 6) is 1.47. The Balaban J connectivity index is 1.86. The average molecular weight is 409 g/mol. The molecule has 2 aromatic rings. The second-order valence-electron chi connectivity index (χ2n) is 5.28. The highest BCUT2D eigenvalue weighted by Crippen LogP contribution is 2.27. The van der Waals surface area contributed by atoms with Gasteiger partial charge in [-0.2, -0.15) is 0 Å². The standard InChI is InChI=1S/C18H21BrN2O2S/c1-12-10-14(19)5-6-15(12)21-18(24)20-9-8-13-4-7-16(22-2)17(11-13)23-3/h4-7,10-11H,8-9H2,1-3H3,(H2,20,21,24). The summed E-state index contributed by atoms with van der Waals surface area (Å²) in [6.07, 6.45) is 0.835. The van der Waals surface area contributed by atoms with E-state index in [2.05, 4.69) is 32.6 Å². The maximum Gasteiger partial charge on any atom is 0.170 e. The molecule has 0 aromatic heterocycles. The molecular weight excluding hydrogens is 388 g/mol. The molecule has 0 saturated heterocycles. The maximum absolute atomic E-state index is 5.35. The Bertz CT molecular complexity index is 722. The Hall–Kier alpha value is -1.79. The van der Waals surface area contributed by atoms with Gasteiger partial charge in [0.15, 0.2) is 16.6 Å². The number of hydrogen-bond donors (Lipinski definition) is 2. The number of aryl methyl sites for hydroxylation is 1. The molecule has 2 aromatic carbocycles. The smallest absolute Gasteiger partial charge is 0.170 e. The molecule has 2 rings (SSSR count). The minimum absolute atomic E-state index is 0.612. The zero-order valence-corrected chi connectivity index (χ0v) is 16.4. The van der Waals surface area contributed by atoms with Crippen molar-refractivity contribution < 1.29 is 9.47 Å². The van der Waals surface area contributed by atoms with Crippen molar-refractivity contribution in [2.24, 2.45) is 0 Å². The highest BCUT2D eigenvalue weighted by molar-refractivity contribution is 9.10. The van der Waals surface area contributed by atoms with Crippen LogP contribution in [0.1, 0.15) is 11.1 Å². The second-order valence-corrected chi connectivity index (χ2v) is 6.60. The van der Waals surface area contributed by atoms with Crippen molar-refractivity contribution in [1.82, 2.24) is 5.32 Å². The molecule has 0 radical (unpaired) electrons. The minimum atomic E-state index is 0.612. The number of anilines is 1. The van der Waals surface area contributed by atoms with E-state index in [1.54, 1.807) is 14.2 Å². The van der Waals surface area contributed by atoms with Gasteiger partial charge < -0.3 is 20.1 Å². The van der Waals surface area contributed by atoms with E-state index in [0.29, 0.717) is 5.11 Å². The van der Waals surface area contributed by atoms with E-state index in [9.17, 15) is 0 Å². The Morgan fingerprint density at radius 1 is 1.08 bits per heavy atom. The molecule has 0 bridgehead atoms. The van der Waals surface area contributed by atoms with Crippen molar-refractivity contribution in [1.29, 1.82) is 0 Å². The minimum Gasteiger partial charge on any atom is -0.493 e. The molecule has 0 heterocycles. The lowest BCUT2D eigenvalue weighted by Crippen LogP contribution is -2.30. The lowest BCUT2D eigenvalue weighted by Gasteiger charge is -2.13. The fraction of sp³-hybridized carbons (Fsp3) is 0.278. The molecule has 0 fully saturated rings. The molecule has 4 nitrogen and oxygen atoms in total. The van der Waals surface area contributed by atoms with Gasteiger partial charge in [0.05, 0.1) is 14.2 Å². The summed E-state index contributed by atoms with van der Waals surface area (Å²) in [5.41, 5.74) is 3.29. The average Bonchev–Trinajstić information content (AvgIpc) is 2.57. The van der Waals surface area contributed by atoms with E-state index in [-0.39, 0.29) is 0 Å². The van der Waals surface area contributed by atoms with Crippen LogP contribution in [-0.2, 0) is 6.42 Å². The fourth-order valence-electron chi connectivity index (χ4n) is 2.29. The van der Waals surface area contributed by atoms with Crippen LogP contribution in [0.2, 0.25) is 0 Å². The molecular formula is C18H21BrN2O2S. The van der Waals surface area contributed by atoms with Crippen LogP contribution in [0.4, 0.5) is 5.69 Å². The number of thiocarbonyl (C=S) groups is 1. The summed E-state index contributed by atoms with van der Waals surface area (Å²) in [6, 6.07) is 12.0. The van der Waals surface area contributed by atoms with E-state index in [1.165, 1.54) is 0 Å². The van der Waals surface area contributed by atoms with Gasteiger partial charge in [-0.3, -0.25) is 0 Å². The number of ether oxygens (including phenoxy) is 2. The lowest BCUT2D eigenvalue weighted by atomic mass is 10.1. The quantitative estimate of drug-likeness (QED) is 0.697. The topological polar surface area (TPSA) is 42.5 Å². The van der Waals surface area contributed by atoms with Crippen LogP contribution in [0.3, 0.4) is 0 Å². The monoisotopic (exact) mass is 408 g/mol. The van der Waals surface area contributed by atoms with Gasteiger partial charge in [0.25, 0.3) is 0 Å². The lowest BCUT2D eigenvalue weighted by molar-refractivity contribution is 0.354. The van der Waals surface area contributed by atoms with Gasteiger partial charge in [-0.15, -0.1) is 0 Å². The summed E-state index contributed by atoms with van der Waals surface area (Å²) >= 11 is 8.81. The number of nitrogens with one attached hydrogen (secondary N) is 2. The van der Waals surface area contributed by atoms with Crippen molar-refractivity contribution in [3.8, 4) is 11.5 Å². The first-order valence-corrected chi connectivity index (χ1v) is 8.75. The predicted octanol–water partition coefficient (Wildman–Crippen LogP) is 4.30. The second kappa shape index (κ2) is 8.89. The first-order valence-electron chi connectivity index (χ1n) is 7.55. The highest BCUT2D eigenvalue weighted by Gasteiger charge is 2.05. The third-order valence-corrected chi connectivity index (χ3v) is 4.32. The summed E-state index contributed by atoms with van der Waals surface area (Å²) in [5, 5.41) is 7.06. The van der Waals surface area contributed by atoms with E-state index >= 15 is 0 Å². The molecule has 0 unspecified atom stereocenters. The SMILES string of the molecule is COc1ccc(CCNC(=S)Nc2ccc(Br)cc2C)cc1OC. The number of rotatable bonds is 6. The number of benzene rings is 2. The van der Waals surface area contributed by atoms with Crippen molar-refractivity contribution >= 4 is 38.9 Å². The van der Waals surface area contributed by atoms with E-state index in [4.69, 9.17) is 21.7 Å². The predicted molar refractivity (Wildman–Crippen MR) is 106 cm³/mol. The molecule has 0 amide bonds. The van der Waals surface area contributed by atoms with Crippen LogP contribution < -0.4 is 20.1 Å². The third kappa shape index (κ3) is 5.11. The van der Waals surface area contributed by atoms with E-state index in [1.807, 2.05) is 37.3 Å². The Morgan fingerprint density at radius 3 is 2.50 bits per heavy atom. The Labute approximate surface area is 156 Å². The van der Waals surface area contributed by atoms with Crippen LogP contribution in [0.5, 0.6) is 11.5 Å². The van der Waals surface area contributed by atoms with E-state index in [0.717, 1.165) is 45.8 Å². The molecule has 2 N–H and O–H groups in total. The molecule has 0 aliphatic rings. The number of halogens is 1. The van der Waals surface area contributed by atoms with Gasteiger partial charge in [-0.05, 0) is 67.0 Å². The Morgan fingerprint density at radius 2 is 1.83 bits per heavy atom.